The Morgan fingerprint density at radius 1 is 1.64 bits per heavy atom. The summed E-state index contributed by atoms with van der Waals surface area (Å²) in [6.45, 7) is 0.198. The molecule has 0 aliphatic carbocycles. The number of aromatic nitrogens is 1. The van der Waals surface area contributed by atoms with Crippen LogP contribution in [-0.2, 0) is 4.79 Å². The minimum absolute atomic E-state index is 0.198. The number of hydrogen-bond donors (Lipinski definition) is 1. The van der Waals surface area contributed by atoms with Crippen molar-refractivity contribution in [3.05, 3.63) is 18.3 Å². The Labute approximate surface area is 63.2 Å². The summed E-state index contributed by atoms with van der Waals surface area (Å²) in [5.41, 5.74) is 0. The van der Waals surface area contributed by atoms with E-state index in [1.807, 2.05) is 0 Å². The van der Waals surface area contributed by atoms with Gasteiger partial charge in [-0.1, -0.05) is 0 Å². The Balaban J connectivity index is 2.41. The summed E-state index contributed by atoms with van der Waals surface area (Å²) in [4.78, 5) is 14.7. The normalized spacial score (nSPS) is 14.7. The average molecular weight is 150 g/mol. The molecule has 11 heavy (non-hydrogen) atoms. The monoisotopic (exact) mass is 150 g/mol. The van der Waals surface area contributed by atoms with Crippen LogP contribution in [0, 0.1) is 0 Å². The van der Waals surface area contributed by atoms with Crippen LogP contribution in [0.25, 0.3) is 0 Å². The molecule has 0 radical (unpaired) electrons. The third-order valence-corrected chi connectivity index (χ3v) is 1.39. The molecule has 0 amide bonds. The van der Waals surface area contributed by atoms with Gasteiger partial charge in [0.1, 0.15) is 6.54 Å². The molecule has 0 bridgehead atoms. The topological polar surface area (TPSA) is 51.2 Å². The van der Waals surface area contributed by atoms with E-state index in [4.69, 9.17) is 4.74 Å². The second-order valence-corrected chi connectivity index (χ2v) is 2.18. The van der Waals surface area contributed by atoms with E-state index in [1.54, 1.807) is 18.3 Å². The molecule has 1 aromatic rings. The minimum atomic E-state index is -0.273. The highest BCUT2D eigenvalue weighted by Crippen LogP contribution is 2.23. The van der Waals surface area contributed by atoms with E-state index in [9.17, 15) is 4.79 Å². The van der Waals surface area contributed by atoms with Gasteiger partial charge in [-0.05, 0) is 12.1 Å². The zero-order chi connectivity index (χ0) is 7.68. The number of fused-ring (bicyclic) bond motifs is 1. The van der Waals surface area contributed by atoms with Gasteiger partial charge in [-0.2, -0.15) is 0 Å². The number of nitrogens with zero attached hydrogens (tertiary/aromatic N) is 1. The molecule has 0 aromatic carbocycles. The summed E-state index contributed by atoms with van der Waals surface area (Å²) in [5, 5.41) is 2.83. The fourth-order valence-electron chi connectivity index (χ4n) is 0.920. The molecule has 0 unspecified atom stereocenters. The number of ether oxygens (including phenoxy) is 1. The molecule has 4 heteroatoms. The molecular weight excluding hydrogens is 144 g/mol. The summed E-state index contributed by atoms with van der Waals surface area (Å²) in [6, 6.07) is 3.42. The second kappa shape index (κ2) is 2.23. The van der Waals surface area contributed by atoms with Crippen molar-refractivity contribution >= 4 is 11.8 Å². The van der Waals surface area contributed by atoms with Crippen LogP contribution in [0.3, 0.4) is 0 Å². The van der Waals surface area contributed by atoms with Crippen LogP contribution in [-0.4, -0.2) is 17.5 Å². The molecule has 1 N–H and O–H groups in total. The van der Waals surface area contributed by atoms with Crippen molar-refractivity contribution < 1.29 is 9.53 Å². The molecule has 1 aliphatic heterocycles. The van der Waals surface area contributed by atoms with E-state index in [2.05, 4.69) is 10.3 Å². The standard InChI is InChI=1S/C7H6N2O2/c10-6-4-9-7-5(11-6)2-1-3-8-7/h1-3H,4H2,(H,8,9). The number of carbonyl (C=O) groups is 1. The molecule has 0 saturated heterocycles. The lowest BCUT2D eigenvalue weighted by Crippen LogP contribution is -2.25. The van der Waals surface area contributed by atoms with Crippen LogP contribution in [0.4, 0.5) is 5.82 Å². The summed E-state index contributed by atoms with van der Waals surface area (Å²) in [6.07, 6.45) is 1.64. The van der Waals surface area contributed by atoms with Gasteiger partial charge < -0.3 is 10.1 Å². The van der Waals surface area contributed by atoms with Crippen molar-refractivity contribution in [2.75, 3.05) is 11.9 Å². The van der Waals surface area contributed by atoms with Crippen LogP contribution in [0.15, 0.2) is 18.3 Å². The smallest absolute Gasteiger partial charge is 0.330 e. The van der Waals surface area contributed by atoms with Crippen LogP contribution in [0.5, 0.6) is 5.75 Å². The van der Waals surface area contributed by atoms with Gasteiger partial charge in [0.05, 0.1) is 0 Å². The minimum Gasteiger partial charge on any atom is -0.421 e. The van der Waals surface area contributed by atoms with Crippen LogP contribution in [0.2, 0.25) is 0 Å². The maximum absolute atomic E-state index is 10.7. The van der Waals surface area contributed by atoms with Gasteiger partial charge in [-0.15, -0.1) is 0 Å². The zero-order valence-electron chi connectivity index (χ0n) is 5.70. The Hall–Kier alpha value is -1.58. The number of nitrogens with one attached hydrogen (secondary N) is 1. The number of hydrogen-bond acceptors (Lipinski definition) is 4. The third kappa shape index (κ3) is 1.02. The summed E-state index contributed by atoms with van der Waals surface area (Å²) in [7, 11) is 0. The lowest BCUT2D eigenvalue weighted by atomic mass is 10.4. The number of pyridine rings is 1. The summed E-state index contributed by atoms with van der Waals surface area (Å²) >= 11 is 0. The zero-order valence-corrected chi connectivity index (χ0v) is 5.70. The maximum Gasteiger partial charge on any atom is 0.330 e. The highest BCUT2D eigenvalue weighted by Gasteiger charge is 2.15. The van der Waals surface area contributed by atoms with Crippen LogP contribution >= 0.6 is 0 Å². The highest BCUT2D eigenvalue weighted by molar-refractivity contribution is 5.81. The van der Waals surface area contributed by atoms with Crippen LogP contribution < -0.4 is 10.1 Å². The van der Waals surface area contributed by atoms with E-state index < -0.39 is 0 Å². The average Bonchev–Trinajstić information content (AvgIpc) is 2.04. The Kier molecular flexibility index (Phi) is 1.25. The molecular formula is C7H6N2O2. The quantitative estimate of drug-likeness (QED) is 0.544. The lowest BCUT2D eigenvalue weighted by molar-refractivity contribution is -0.132. The lowest BCUT2D eigenvalue weighted by Gasteiger charge is -2.14. The van der Waals surface area contributed by atoms with Crippen molar-refractivity contribution in [3.8, 4) is 5.75 Å². The van der Waals surface area contributed by atoms with E-state index in [1.165, 1.54) is 0 Å². The highest BCUT2D eigenvalue weighted by atomic mass is 16.5. The Morgan fingerprint density at radius 2 is 2.55 bits per heavy atom. The van der Waals surface area contributed by atoms with Gasteiger partial charge in [-0.3, -0.25) is 0 Å². The van der Waals surface area contributed by atoms with Gasteiger partial charge in [0.2, 0.25) is 0 Å². The fourth-order valence-corrected chi connectivity index (χ4v) is 0.920. The predicted molar refractivity (Wildman–Crippen MR) is 38.4 cm³/mol. The van der Waals surface area contributed by atoms with E-state index >= 15 is 0 Å². The Bertz CT molecular complexity index is 298. The van der Waals surface area contributed by atoms with E-state index in [0.29, 0.717) is 11.6 Å². The summed E-state index contributed by atoms with van der Waals surface area (Å²) in [5.74, 6) is 0.862. The van der Waals surface area contributed by atoms with E-state index in [0.717, 1.165) is 0 Å². The summed E-state index contributed by atoms with van der Waals surface area (Å²) < 4.78 is 4.87. The molecule has 0 spiro atoms. The van der Waals surface area contributed by atoms with Gasteiger partial charge in [-0.25, -0.2) is 9.78 Å². The Morgan fingerprint density at radius 3 is 3.45 bits per heavy atom. The molecule has 0 saturated carbocycles. The van der Waals surface area contributed by atoms with Crippen molar-refractivity contribution in [2.45, 2.75) is 0 Å². The largest absolute Gasteiger partial charge is 0.421 e. The second-order valence-electron chi connectivity index (χ2n) is 2.18. The number of anilines is 1. The number of rotatable bonds is 0. The molecule has 0 atom stereocenters. The molecule has 1 aromatic heterocycles. The molecule has 56 valence electrons. The van der Waals surface area contributed by atoms with Crippen molar-refractivity contribution in [1.82, 2.24) is 4.98 Å². The maximum atomic E-state index is 10.7. The SMILES string of the molecule is O=C1CNc2ncccc2O1. The first-order chi connectivity index (χ1) is 5.36. The van der Waals surface area contributed by atoms with Crippen molar-refractivity contribution in [3.63, 3.8) is 0 Å². The van der Waals surface area contributed by atoms with Crippen molar-refractivity contribution in [2.24, 2.45) is 0 Å². The molecule has 4 nitrogen and oxygen atoms in total. The van der Waals surface area contributed by atoms with E-state index in [-0.39, 0.29) is 12.5 Å². The first-order valence-corrected chi connectivity index (χ1v) is 3.26. The van der Waals surface area contributed by atoms with Gasteiger partial charge >= 0.3 is 5.97 Å². The molecule has 2 rings (SSSR count). The fraction of sp³-hybridized carbons (Fsp3) is 0.143. The van der Waals surface area contributed by atoms with Crippen molar-refractivity contribution in [1.29, 1.82) is 0 Å². The first-order valence-electron chi connectivity index (χ1n) is 3.26. The molecule has 0 fully saturated rings. The number of esters is 1. The molecule has 2 heterocycles. The van der Waals surface area contributed by atoms with Crippen LogP contribution in [0.1, 0.15) is 0 Å². The third-order valence-electron chi connectivity index (χ3n) is 1.39. The predicted octanol–water partition coefficient (Wildman–Crippen LogP) is 0.412. The van der Waals surface area contributed by atoms with Gasteiger partial charge in [0, 0.05) is 6.20 Å². The van der Waals surface area contributed by atoms with Gasteiger partial charge in [0.15, 0.2) is 11.6 Å². The number of carbonyl (C=O) groups excluding carboxylic acids is 1. The molecule has 1 aliphatic rings. The first kappa shape index (κ1) is 6.15. The van der Waals surface area contributed by atoms with Gasteiger partial charge in [0.25, 0.3) is 0 Å².